The summed E-state index contributed by atoms with van der Waals surface area (Å²) in [6, 6.07) is 17.8. The molecular weight excluding hydrogens is 577 g/mol. The molecule has 1 N–H and O–H groups in total. The number of aliphatic hydroxyl groups excluding tert-OH is 1. The van der Waals surface area contributed by atoms with Crippen molar-refractivity contribution in [2.75, 3.05) is 11.5 Å². The third-order valence-electron chi connectivity index (χ3n) is 7.01. The molecule has 3 heterocycles. The van der Waals surface area contributed by atoms with Gasteiger partial charge in [-0.3, -0.25) is 14.5 Å². The van der Waals surface area contributed by atoms with E-state index in [2.05, 4.69) is 10.2 Å². The summed E-state index contributed by atoms with van der Waals surface area (Å²) in [6.07, 6.45) is 0.676. The van der Waals surface area contributed by atoms with Gasteiger partial charge >= 0.3 is 5.91 Å². The highest BCUT2D eigenvalue weighted by molar-refractivity contribution is 8.00. The first kappa shape index (κ1) is 27.9. The molecule has 1 fully saturated rings. The fraction of sp³-hybridized carbons (Fsp3) is 0.226. The molecule has 1 amide bonds. The molecule has 6 rings (SSSR count). The number of thioether (sulfide) groups is 1. The Morgan fingerprint density at radius 1 is 1.14 bits per heavy atom. The lowest BCUT2D eigenvalue weighted by atomic mass is 9.94. The Kier molecular flexibility index (Phi) is 7.70. The largest absolute Gasteiger partial charge is 0.507 e. The first-order valence-electron chi connectivity index (χ1n) is 13.4. The van der Waals surface area contributed by atoms with Gasteiger partial charge in [-0.05, 0) is 66.9 Å². The highest BCUT2D eigenvalue weighted by Gasteiger charge is 2.48. The summed E-state index contributed by atoms with van der Waals surface area (Å²) < 4.78 is 26.1. The van der Waals surface area contributed by atoms with Crippen LogP contribution in [0.2, 0.25) is 0 Å². The van der Waals surface area contributed by atoms with Gasteiger partial charge in [-0.25, -0.2) is 4.39 Å². The van der Waals surface area contributed by atoms with E-state index >= 15 is 0 Å². The van der Waals surface area contributed by atoms with Crippen molar-refractivity contribution in [2.45, 2.75) is 42.5 Å². The predicted molar refractivity (Wildman–Crippen MR) is 158 cm³/mol. The number of nitrogens with zero attached hydrogens (tertiary/aromatic N) is 3. The molecule has 42 heavy (non-hydrogen) atoms. The van der Waals surface area contributed by atoms with E-state index in [0.29, 0.717) is 45.6 Å². The van der Waals surface area contributed by atoms with Crippen LogP contribution in [0.1, 0.15) is 42.1 Å². The van der Waals surface area contributed by atoms with Crippen LogP contribution in [-0.2, 0) is 21.8 Å². The highest BCUT2D eigenvalue weighted by atomic mass is 32.2. The summed E-state index contributed by atoms with van der Waals surface area (Å²) >= 11 is 2.40. The molecule has 2 aliphatic rings. The van der Waals surface area contributed by atoms with Gasteiger partial charge in [-0.1, -0.05) is 53.4 Å². The number of hydrogen-bond donors (Lipinski definition) is 1. The van der Waals surface area contributed by atoms with Crippen molar-refractivity contribution in [3.8, 4) is 11.5 Å². The zero-order chi connectivity index (χ0) is 29.4. The molecule has 0 aliphatic carbocycles. The number of ether oxygens (including phenoxy) is 2. The molecule has 1 aromatic heterocycles. The average molecular weight is 604 g/mol. The first-order valence-corrected chi connectivity index (χ1v) is 15.2. The number of hydrogen-bond acceptors (Lipinski definition) is 9. The van der Waals surface area contributed by atoms with Gasteiger partial charge in [0.1, 0.15) is 29.2 Å². The van der Waals surface area contributed by atoms with Gasteiger partial charge in [0.15, 0.2) is 4.34 Å². The quantitative estimate of drug-likeness (QED) is 0.0821. The van der Waals surface area contributed by atoms with Crippen LogP contribution >= 0.6 is 23.1 Å². The summed E-state index contributed by atoms with van der Waals surface area (Å²) in [7, 11) is 0. The number of benzene rings is 3. The molecule has 0 bridgehead atoms. The number of Topliss-reactive ketones (excluding diaryl/α,β-unsaturated/α-hetero) is 1. The molecule has 0 spiro atoms. The fourth-order valence-electron chi connectivity index (χ4n) is 5.12. The summed E-state index contributed by atoms with van der Waals surface area (Å²) in [5, 5.41) is 20.2. The lowest BCUT2D eigenvalue weighted by Gasteiger charge is -2.23. The summed E-state index contributed by atoms with van der Waals surface area (Å²) in [5.41, 5.74) is 2.35. The van der Waals surface area contributed by atoms with Crippen LogP contribution in [0.3, 0.4) is 0 Å². The minimum atomic E-state index is -0.980. The van der Waals surface area contributed by atoms with Crippen LogP contribution < -0.4 is 14.4 Å². The van der Waals surface area contributed by atoms with E-state index in [9.17, 15) is 19.1 Å². The predicted octanol–water partition coefficient (Wildman–Crippen LogP) is 6.32. The fourth-order valence-corrected chi connectivity index (χ4v) is 6.98. The number of aromatic nitrogens is 2. The van der Waals surface area contributed by atoms with Crippen LogP contribution in [0.5, 0.6) is 11.5 Å². The Hall–Kier alpha value is -4.22. The number of anilines is 1. The number of rotatable bonds is 8. The van der Waals surface area contributed by atoms with Crippen molar-refractivity contribution in [3.05, 3.63) is 100 Å². The van der Waals surface area contributed by atoms with E-state index in [1.165, 1.54) is 22.7 Å². The number of aliphatic hydroxyl groups is 1. The second kappa shape index (κ2) is 11.6. The molecule has 0 saturated carbocycles. The monoisotopic (exact) mass is 603 g/mol. The van der Waals surface area contributed by atoms with Gasteiger partial charge in [0.25, 0.3) is 5.78 Å². The first-order chi connectivity index (χ1) is 20.3. The summed E-state index contributed by atoms with van der Waals surface area (Å²) in [4.78, 5) is 28.4. The highest BCUT2D eigenvalue weighted by Crippen LogP contribution is 2.45. The van der Waals surface area contributed by atoms with Crippen LogP contribution in [0, 0.1) is 5.82 Å². The van der Waals surface area contributed by atoms with Gasteiger partial charge in [0.05, 0.1) is 18.2 Å². The van der Waals surface area contributed by atoms with E-state index in [4.69, 9.17) is 9.47 Å². The van der Waals surface area contributed by atoms with Crippen molar-refractivity contribution in [1.82, 2.24) is 10.2 Å². The Morgan fingerprint density at radius 3 is 2.79 bits per heavy atom. The van der Waals surface area contributed by atoms with Gasteiger partial charge < -0.3 is 14.6 Å². The van der Waals surface area contributed by atoms with Crippen molar-refractivity contribution in [2.24, 2.45) is 0 Å². The molecule has 0 unspecified atom stereocenters. The molecule has 2 aliphatic heterocycles. The Balaban J connectivity index is 1.40. The normalized spacial score (nSPS) is 19.2. The standard InChI is InChI=1S/C31H26FN3O5S2/c1-3-39-22-9-6-8-18(15-22)26-25(27(36)19-11-12-24-21(14-19)13-17(2)40-24)28(37)29(38)35(26)30-33-34-31(42-30)41-16-20-7-4-5-10-23(20)32/h4-12,14-15,17,26,36H,3,13,16H2,1-2H3/t17-,26-/m0/s1. The Morgan fingerprint density at radius 2 is 1.98 bits per heavy atom. The lowest BCUT2D eigenvalue weighted by molar-refractivity contribution is -0.132. The SMILES string of the molecule is CCOc1cccc([C@H]2C(=C(O)c3ccc4c(c3)C[C@H](C)O4)C(=O)C(=O)N2c2nnc(SCc3ccccc3F)s2)c1. The zero-order valence-electron chi connectivity index (χ0n) is 22.7. The van der Waals surface area contributed by atoms with Gasteiger partial charge in [-0.15, -0.1) is 10.2 Å². The second-order valence-corrected chi connectivity index (χ2v) is 12.0. The molecule has 214 valence electrons. The van der Waals surface area contributed by atoms with Crippen LogP contribution in [0.25, 0.3) is 5.76 Å². The second-order valence-electron chi connectivity index (χ2n) is 9.86. The van der Waals surface area contributed by atoms with Gasteiger partial charge in [0, 0.05) is 17.7 Å². The number of carbonyl (C=O) groups excluding carboxylic acids is 2. The van der Waals surface area contributed by atoms with Crippen molar-refractivity contribution in [3.63, 3.8) is 0 Å². The molecule has 3 aromatic carbocycles. The number of halogens is 1. The zero-order valence-corrected chi connectivity index (χ0v) is 24.4. The minimum absolute atomic E-state index is 0.00661. The maximum atomic E-state index is 14.1. The summed E-state index contributed by atoms with van der Waals surface area (Å²) in [5.74, 6) is -0.660. The van der Waals surface area contributed by atoms with Crippen LogP contribution in [0.15, 0.2) is 76.6 Å². The third-order valence-corrected chi connectivity index (χ3v) is 9.11. The van der Waals surface area contributed by atoms with E-state index in [1.807, 2.05) is 13.8 Å². The number of carbonyl (C=O) groups is 2. The van der Waals surface area contributed by atoms with Gasteiger partial charge in [0.2, 0.25) is 5.13 Å². The third kappa shape index (κ3) is 5.25. The maximum absolute atomic E-state index is 14.1. The van der Waals surface area contributed by atoms with E-state index in [0.717, 1.165) is 22.6 Å². The number of ketones is 1. The molecule has 2 atom stereocenters. The number of amides is 1. The van der Waals surface area contributed by atoms with Crippen molar-refractivity contribution < 1.29 is 28.6 Å². The summed E-state index contributed by atoms with van der Waals surface area (Å²) in [6.45, 7) is 4.25. The average Bonchev–Trinajstić information content (AvgIpc) is 3.67. The topological polar surface area (TPSA) is 102 Å². The molecule has 1 saturated heterocycles. The van der Waals surface area contributed by atoms with Crippen molar-refractivity contribution in [1.29, 1.82) is 0 Å². The van der Waals surface area contributed by atoms with Crippen LogP contribution in [-0.4, -0.2) is 39.7 Å². The number of fused-ring (bicyclic) bond motifs is 1. The smallest absolute Gasteiger partial charge is 0.301 e. The minimum Gasteiger partial charge on any atom is -0.507 e. The lowest BCUT2D eigenvalue weighted by Crippen LogP contribution is -2.29. The Bertz CT molecular complexity index is 1720. The molecule has 8 nitrogen and oxygen atoms in total. The van der Waals surface area contributed by atoms with E-state index in [1.54, 1.807) is 60.7 Å². The van der Waals surface area contributed by atoms with E-state index < -0.39 is 17.7 Å². The maximum Gasteiger partial charge on any atom is 0.301 e. The van der Waals surface area contributed by atoms with Gasteiger partial charge in [-0.2, -0.15) is 0 Å². The van der Waals surface area contributed by atoms with E-state index in [-0.39, 0.29) is 28.4 Å². The molecular formula is C31H26FN3O5S2. The molecule has 4 aromatic rings. The van der Waals surface area contributed by atoms with Crippen molar-refractivity contribution >= 4 is 45.7 Å². The van der Waals surface area contributed by atoms with Crippen LogP contribution in [0.4, 0.5) is 9.52 Å². The Labute approximate surface area is 249 Å². The molecule has 11 heteroatoms. The molecule has 0 radical (unpaired) electrons.